The molecule has 17 heavy (non-hydrogen) atoms. The molecular weight excluding hydrogens is 214 g/mol. The summed E-state index contributed by atoms with van der Waals surface area (Å²) in [6, 6.07) is 11.5. The molecule has 0 aliphatic carbocycles. The van der Waals surface area contributed by atoms with Crippen LogP contribution in [0, 0.1) is 0 Å². The van der Waals surface area contributed by atoms with Crippen molar-refractivity contribution in [3.8, 4) is 0 Å². The Morgan fingerprint density at radius 3 is 2.59 bits per heavy atom. The van der Waals surface area contributed by atoms with Gasteiger partial charge in [0, 0.05) is 12.7 Å². The van der Waals surface area contributed by atoms with Crippen LogP contribution in [0.4, 0.5) is 0 Å². The summed E-state index contributed by atoms with van der Waals surface area (Å²) in [7, 11) is 0. The third-order valence-electron chi connectivity index (χ3n) is 2.63. The fourth-order valence-corrected chi connectivity index (χ4v) is 1.81. The van der Waals surface area contributed by atoms with Crippen LogP contribution >= 0.6 is 0 Å². The molecule has 1 aromatic heterocycles. The molecule has 86 valence electrons. The first-order valence-electron chi connectivity index (χ1n) is 5.31. The lowest BCUT2D eigenvalue weighted by molar-refractivity contribution is 0.0696. The molecule has 0 radical (unpaired) electrons. The van der Waals surface area contributed by atoms with Crippen molar-refractivity contribution >= 4 is 12.0 Å². The lowest BCUT2D eigenvalue weighted by Gasteiger charge is -2.07. The van der Waals surface area contributed by atoms with Crippen LogP contribution in [0.3, 0.4) is 0 Å². The second kappa shape index (κ2) is 4.70. The number of hydrogen-bond donors (Lipinski definition) is 1. The molecule has 0 amide bonds. The van der Waals surface area contributed by atoms with Gasteiger partial charge in [0.25, 0.3) is 0 Å². The fourth-order valence-electron chi connectivity index (χ4n) is 1.81. The van der Waals surface area contributed by atoms with Gasteiger partial charge in [-0.2, -0.15) is 0 Å². The summed E-state index contributed by atoms with van der Waals surface area (Å²) in [6.45, 7) is 4.31. The zero-order chi connectivity index (χ0) is 12.3. The summed E-state index contributed by atoms with van der Waals surface area (Å²) in [6.07, 6.45) is 3.35. The van der Waals surface area contributed by atoms with Gasteiger partial charge < -0.3 is 9.67 Å². The van der Waals surface area contributed by atoms with E-state index in [9.17, 15) is 4.79 Å². The van der Waals surface area contributed by atoms with Crippen molar-refractivity contribution in [1.82, 2.24) is 4.57 Å². The molecule has 1 aromatic carbocycles. The molecule has 0 aliphatic heterocycles. The minimum absolute atomic E-state index is 0.288. The Kier molecular flexibility index (Phi) is 3.10. The van der Waals surface area contributed by atoms with Crippen molar-refractivity contribution in [1.29, 1.82) is 0 Å². The van der Waals surface area contributed by atoms with Crippen LogP contribution in [0.25, 0.3) is 6.08 Å². The van der Waals surface area contributed by atoms with Gasteiger partial charge in [-0.05, 0) is 17.7 Å². The van der Waals surface area contributed by atoms with Crippen LogP contribution < -0.4 is 0 Å². The Morgan fingerprint density at radius 1 is 1.29 bits per heavy atom. The van der Waals surface area contributed by atoms with Gasteiger partial charge in [0.2, 0.25) is 0 Å². The SMILES string of the molecule is C=Cc1c(C(=O)O)ccn1Cc1ccccc1. The third kappa shape index (κ3) is 2.28. The van der Waals surface area contributed by atoms with Crippen LogP contribution in [0.1, 0.15) is 21.6 Å². The van der Waals surface area contributed by atoms with Crippen molar-refractivity contribution in [2.75, 3.05) is 0 Å². The molecule has 0 saturated carbocycles. The number of rotatable bonds is 4. The average Bonchev–Trinajstić information content (AvgIpc) is 2.73. The van der Waals surface area contributed by atoms with Gasteiger partial charge in [0.15, 0.2) is 0 Å². The minimum atomic E-state index is -0.924. The highest BCUT2D eigenvalue weighted by Gasteiger charge is 2.12. The van der Waals surface area contributed by atoms with E-state index >= 15 is 0 Å². The van der Waals surface area contributed by atoms with E-state index in [1.54, 1.807) is 18.3 Å². The number of aromatic carboxylic acids is 1. The Hall–Kier alpha value is -2.29. The first kappa shape index (κ1) is 11.2. The molecule has 0 bridgehead atoms. The molecule has 3 heteroatoms. The molecule has 0 unspecified atom stereocenters. The third-order valence-corrected chi connectivity index (χ3v) is 2.63. The molecule has 1 N–H and O–H groups in total. The smallest absolute Gasteiger partial charge is 0.337 e. The number of benzene rings is 1. The van der Waals surface area contributed by atoms with E-state index in [-0.39, 0.29) is 5.56 Å². The van der Waals surface area contributed by atoms with Crippen molar-refractivity contribution in [2.45, 2.75) is 6.54 Å². The van der Waals surface area contributed by atoms with E-state index in [4.69, 9.17) is 5.11 Å². The topological polar surface area (TPSA) is 42.2 Å². The van der Waals surface area contributed by atoms with Gasteiger partial charge >= 0.3 is 5.97 Å². The molecule has 3 nitrogen and oxygen atoms in total. The van der Waals surface area contributed by atoms with E-state index in [2.05, 4.69) is 6.58 Å². The predicted octanol–water partition coefficient (Wildman–Crippen LogP) is 2.88. The molecule has 0 spiro atoms. The molecule has 0 fully saturated rings. The zero-order valence-corrected chi connectivity index (χ0v) is 9.34. The summed E-state index contributed by atoms with van der Waals surface area (Å²) in [5.74, 6) is -0.924. The van der Waals surface area contributed by atoms with E-state index in [0.717, 1.165) is 5.56 Å². The number of carboxylic acids is 1. The highest BCUT2D eigenvalue weighted by molar-refractivity contribution is 5.91. The van der Waals surface area contributed by atoms with Crippen LogP contribution in [0.15, 0.2) is 49.2 Å². The number of hydrogen-bond acceptors (Lipinski definition) is 1. The molecule has 0 aliphatic rings. The quantitative estimate of drug-likeness (QED) is 0.872. The summed E-state index contributed by atoms with van der Waals surface area (Å²) >= 11 is 0. The first-order chi connectivity index (χ1) is 8.22. The van der Waals surface area contributed by atoms with Crippen molar-refractivity contribution in [3.05, 3.63) is 66.0 Å². The van der Waals surface area contributed by atoms with Crippen molar-refractivity contribution < 1.29 is 9.90 Å². The first-order valence-corrected chi connectivity index (χ1v) is 5.31. The largest absolute Gasteiger partial charge is 0.478 e. The lowest BCUT2D eigenvalue weighted by Crippen LogP contribution is -2.04. The summed E-state index contributed by atoms with van der Waals surface area (Å²) in [5, 5.41) is 9.02. The van der Waals surface area contributed by atoms with Gasteiger partial charge in [-0.1, -0.05) is 36.9 Å². The number of carbonyl (C=O) groups is 1. The zero-order valence-electron chi connectivity index (χ0n) is 9.34. The molecule has 2 rings (SSSR count). The minimum Gasteiger partial charge on any atom is -0.478 e. The van der Waals surface area contributed by atoms with Crippen LogP contribution in [0.2, 0.25) is 0 Å². The van der Waals surface area contributed by atoms with Crippen molar-refractivity contribution in [2.24, 2.45) is 0 Å². The van der Waals surface area contributed by atoms with E-state index < -0.39 is 5.97 Å². The van der Waals surface area contributed by atoms with Crippen molar-refractivity contribution in [3.63, 3.8) is 0 Å². The fraction of sp³-hybridized carbons (Fsp3) is 0.0714. The normalized spacial score (nSPS) is 10.1. The second-order valence-electron chi connectivity index (χ2n) is 3.74. The highest BCUT2D eigenvalue weighted by atomic mass is 16.4. The number of aromatic nitrogens is 1. The maximum atomic E-state index is 11.0. The standard InChI is InChI=1S/C14H13NO2/c1-2-13-12(14(16)17)8-9-15(13)10-11-6-4-3-5-7-11/h2-9H,1,10H2,(H,16,17). The Morgan fingerprint density at radius 2 is 2.00 bits per heavy atom. The molecule has 0 saturated heterocycles. The van der Waals surface area contributed by atoms with Gasteiger partial charge in [-0.15, -0.1) is 0 Å². The van der Waals surface area contributed by atoms with E-state index in [1.165, 1.54) is 0 Å². The van der Waals surface area contributed by atoms with E-state index in [1.807, 2.05) is 34.9 Å². The maximum Gasteiger partial charge on any atom is 0.337 e. The van der Waals surface area contributed by atoms with Gasteiger partial charge in [-0.3, -0.25) is 0 Å². The monoisotopic (exact) mass is 227 g/mol. The Balaban J connectivity index is 2.34. The number of carboxylic acid groups (broad SMARTS) is 1. The van der Waals surface area contributed by atoms with Crippen LogP contribution in [0.5, 0.6) is 0 Å². The average molecular weight is 227 g/mol. The van der Waals surface area contributed by atoms with Gasteiger partial charge in [0.1, 0.15) is 0 Å². The molecule has 2 aromatic rings. The van der Waals surface area contributed by atoms with E-state index in [0.29, 0.717) is 12.2 Å². The van der Waals surface area contributed by atoms with Gasteiger partial charge in [0.05, 0.1) is 11.3 Å². The predicted molar refractivity (Wildman–Crippen MR) is 67.0 cm³/mol. The van der Waals surface area contributed by atoms with Gasteiger partial charge in [-0.25, -0.2) is 4.79 Å². The summed E-state index contributed by atoms with van der Waals surface area (Å²) in [4.78, 5) is 11.0. The summed E-state index contributed by atoms with van der Waals surface area (Å²) < 4.78 is 1.88. The maximum absolute atomic E-state index is 11.0. The number of nitrogens with zero attached hydrogens (tertiary/aromatic N) is 1. The Bertz CT molecular complexity index is 541. The second-order valence-corrected chi connectivity index (χ2v) is 3.74. The summed E-state index contributed by atoms with van der Waals surface area (Å²) in [5.41, 5.74) is 2.06. The molecule has 1 heterocycles. The Labute approximate surface area is 99.6 Å². The van der Waals surface area contributed by atoms with Crippen LogP contribution in [-0.4, -0.2) is 15.6 Å². The molecule has 0 atom stereocenters. The molecular formula is C14H13NO2. The lowest BCUT2D eigenvalue weighted by atomic mass is 10.2. The highest BCUT2D eigenvalue weighted by Crippen LogP contribution is 2.15. The van der Waals surface area contributed by atoms with Crippen LogP contribution in [-0.2, 0) is 6.54 Å².